The third-order valence-electron chi connectivity index (χ3n) is 2.72. The summed E-state index contributed by atoms with van der Waals surface area (Å²) in [6.07, 6.45) is 0. The molecule has 0 aromatic heterocycles. The van der Waals surface area contributed by atoms with Crippen molar-refractivity contribution in [2.24, 2.45) is 0 Å². The second kappa shape index (κ2) is 6.94. The van der Waals surface area contributed by atoms with Crippen LogP contribution in [-0.2, 0) is 6.54 Å². The Morgan fingerprint density at radius 1 is 1.37 bits per heavy atom. The molecule has 106 valence electrons. The number of likely N-dealkylation sites (N-methyl/N-ethyl adjacent to an activating group) is 1. The minimum absolute atomic E-state index is 0.0872. The maximum Gasteiger partial charge on any atom is 0.317 e. The highest BCUT2D eigenvalue weighted by atomic mass is 19.1. The maximum absolute atomic E-state index is 13.7. The number of nitrogens with zero attached hydrogens (tertiary/aromatic N) is 2. The van der Waals surface area contributed by atoms with E-state index in [1.54, 1.807) is 38.2 Å². The van der Waals surface area contributed by atoms with Crippen molar-refractivity contribution in [2.75, 3.05) is 39.2 Å². The van der Waals surface area contributed by atoms with Crippen LogP contribution in [0.4, 0.5) is 14.9 Å². The zero-order chi connectivity index (χ0) is 14.4. The molecule has 0 spiro atoms. The predicted octanol–water partition coefficient (Wildman–Crippen LogP) is 1.03. The fraction of sp³-hybridized carbons (Fsp3) is 0.462. The van der Waals surface area contributed by atoms with Crippen LogP contribution in [0.5, 0.6) is 0 Å². The Morgan fingerprint density at radius 2 is 2.05 bits per heavy atom. The number of carbonyl (C=O) groups excluding carboxylic acids is 1. The molecule has 0 atom stereocenters. The first-order valence-electron chi connectivity index (χ1n) is 6.01. The van der Waals surface area contributed by atoms with Gasteiger partial charge in [-0.1, -0.05) is 6.07 Å². The van der Waals surface area contributed by atoms with Crippen LogP contribution in [0.1, 0.15) is 5.56 Å². The number of rotatable bonds is 5. The molecule has 0 saturated heterocycles. The van der Waals surface area contributed by atoms with Gasteiger partial charge in [0.05, 0.1) is 12.3 Å². The van der Waals surface area contributed by atoms with E-state index >= 15 is 0 Å². The zero-order valence-electron chi connectivity index (χ0n) is 11.5. The van der Waals surface area contributed by atoms with Crippen LogP contribution in [-0.4, -0.2) is 50.3 Å². The maximum atomic E-state index is 13.7. The summed E-state index contributed by atoms with van der Waals surface area (Å²) in [7, 11) is 5.12. The van der Waals surface area contributed by atoms with E-state index in [1.165, 1.54) is 11.0 Å². The second-order valence-electron chi connectivity index (χ2n) is 4.48. The molecule has 0 aliphatic heterocycles. The molecule has 19 heavy (non-hydrogen) atoms. The molecule has 2 N–H and O–H groups in total. The van der Waals surface area contributed by atoms with E-state index in [-0.39, 0.29) is 31.5 Å². The van der Waals surface area contributed by atoms with E-state index in [2.05, 4.69) is 5.32 Å². The van der Waals surface area contributed by atoms with E-state index in [1.807, 2.05) is 0 Å². The Balaban J connectivity index is 2.59. The summed E-state index contributed by atoms with van der Waals surface area (Å²) in [5, 5.41) is 11.4. The summed E-state index contributed by atoms with van der Waals surface area (Å²) in [5.74, 6) is -0.319. The lowest BCUT2D eigenvalue weighted by molar-refractivity contribution is 0.190. The van der Waals surface area contributed by atoms with Crippen molar-refractivity contribution in [2.45, 2.75) is 6.54 Å². The summed E-state index contributed by atoms with van der Waals surface area (Å²) in [4.78, 5) is 14.6. The first-order chi connectivity index (χ1) is 8.95. The van der Waals surface area contributed by atoms with Crippen molar-refractivity contribution in [1.82, 2.24) is 10.2 Å². The van der Waals surface area contributed by atoms with Gasteiger partial charge in [0.25, 0.3) is 0 Å². The van der Waals surface area contributed by atoms with Gasteiger partial charge in [-0.2, -0.15) is 0 Å². The summed E-state index contributed by atoms with van der Waals surface area (Å²) >= 11 is 0. The molecule has 0 heterocycles. The zero-order valence-corrected chi connectivity index (χ0v) is 11.5. The normalized spacial score (nSPS) is 10.2. The highest BCUT2D eigenvalue weighted by Gasteiger charge is 2.09. The van der Waals surface area contributed by atoms with Gasteiger partial charge in [0.15, 0.2) is 0 Å². The van der Waals surface area contributed by atoms with E-state index in [9.17, 15) is 9.18 Å². The van der Waals surface area contributed by atoms with Crippen LogP contribution in [0, 0.1) is 5.82 Å². The molecule has 1 rings (SSSR count). The van der Waals surface area contributed by atoms with Crippen molar-refractivity contribution in [3.05, 3.63) is 29.6 Å². The number of halogens is 1. The number of hydrogen-bond acceptors (Lipinski definition) is 3. The third kappa shape index (κ3) is 4.40. The van der Waals surface area contributed by atoms with Gasteiger partial charge < -0.3 is 20.2 Å². The van der Waals surface area contributed by atoms with Gasteiger partial charge in [-0.15, -0.1) is 0 Å². The molecule has 1 aromatic rings. The van der Waals surface area contributed by atoms with Gasteiger partial charge in [0.2, 0.25) is 0 Å². The van der Waals surface area contributed by atoms with Crippen molar-refractivity contribution in [1.29, 1.82) is 0 Å². The van der Waals surface area contributed by atoms with E-state index in [0.29, 0.717) is 11.3 Å². The van der Waals surface area contributed by atoms with Crippen molar-refractivity contribution in [3.8, 4) is 0 Å². The third-order valence-corrected chi connectivity index (χ3v) is 2.72. The lowest BCUT2D eigenvalue weighted by Crippen LogP contribution is -2.38. The Morgan fingerprint density at radius 3 is 2.58 bits per heavy atom. The average Bonchev–Trinajstić information content (AvgIpc) is 2.35. The van der Waals surface area contributed by atoms with Crippen molar-refractivity contribution < 1.29 is 14.3 Å². The molecular formula is C13H20FN3O2. The van der Waals surface area contributed by atoms with Gasteiger partial charge in [0, 0.05) is 34.2 Å². The van der Waals surface area contributed by atoms with Crippen molar-refractivity contribution in [3.63, 3.8) is 0 Å². The Bertz CT molecular complexity index is 438. The highest BCUT2D eigenvalue weighted by Crippen LogP contribution is 2.18. The minimum Gasteiger partial charge on any atom is -0.395 e. The number of carbonyl (C=O) groups is 1. The van der Waals surface area contributed by atoms with Gasteiger partial charge in [-0.05, 0) is 17.7 Å². The molecule has 0 aliphatic carbocycles. The Labute approximate surface area is 112 Å². The Hall–Kier alpha value is -1.82. The minimum atomic E-state index is -0.319. The molecule has 1 aromatic carbocycles. The topological polar surface area (TPSA) is 55.8 Å². The average molecular weight is 269 g/mol. The molecule has 0 radical (unpaired) electrons. The smallest absolute Gasteiger partial charge is 0.317 e. The number of nitrogens with one attached hydrogen (secondary N) is 1. The number of amides is 2. The lowest BCUT2D eigenvalue weighted by Gasteiger charge is -2.17. The van der Waals surface area contributed by atoms with Crippen molar-refractivity contribution >= 4 is 11.7 Å². The van der Waals surface area contributed by atoms with Crippen LogP contribution in [0.15, 0.2) is 18.2 Å². The summed E-state index contributed by atoms with van der Waals surface area (Å²) in [6.45, 7) is 0.426. The van der Waals surface area contributed by atoms with Crippen LogP contribution in [0.3, 0.4) is 0 Å². The van der Waals surface area contributed by atoms with Gasteiger partial charge in [-0.25, -0.2) is 9.18 Å². The predicted molar refractivity (Wildman–Crippen MR) is 72.7 cm³/mol. The fourth-order valence-electron chi connectivity index (χ4n) is 1.59. The lowest BCUT2D eigenvalue weighted by atomic mass is 10.2. The van der Waals surface area contributed by atoms with E-state index < -0.39 is 0 Å². The molecule has 0 unspecified atom stereocenters. The second-order valence-corrected chi connectivity index (χ2v) is 4.48. The SMILES string of the molecule is CN(CCO)C(=O)NCc1ccc(N(C)C)c(F)c1. The first kappa shape index (κ1) is 15.2. The molecular weight excluding hydrogens is 249 g/mol. The summed E-state index contributed by atoms with van der Waals surface area (Å²) in [6, 6.07) is 4.55. The van der Waals surface area contributed by atoms with Crippen LogP contribution in [0.2, 0.25) is 0 Å². The molecule has 2 amide bonds. The molecule has 0 bridgehead atoms. The number of aliphatic hydroxyl groups is 1. The number of anilines is 1. The van der Waals surface area contributed by atoms with E-state index in [0.717, 1.165) is 0 Å². The Kier molecular flexibility index (Phi) is 5.57. The summed E-state index contributed by atoms with van der Waals surface area (Å²) < 4.78 is 13.7. The molecule has 6 heteroatoms. The largest absolute Gasteiger partial charge is 0.395 e. The summed E-state index contributed by atoms with van der Waals surface area (Å²) in [5.41, 5.74) is 1.20. The van der Waals surface area contributed by atoms with Gasteiger partial charge in [-0.3, -0.25) is 0 Å². The number of aliphatic hydroxyl groups excluding tert-OH is 1. The molecule has 0 aliphatic rings. The monoisotopic (exact) mass is 269 g/mol. The van der Waals surface area contributed by atoms with E-state index in [4.69, 9.17) is 5.11 Å². The number of hydrogen-bond donors (Lipinski definition) is 2. The number of urea groups is 1. The first-order valence-corrected chi connectivity index (χ1v) is 6.01. The highest BCUT2D eigenvalue weighted by molar-refractivity contribution is 5.73. The fourth-order valence-corrected chi connectivity index (χ4v) is 1.59. The standard InChI is InChI=1S/C13H20FN3O2/c1-16(2)12-5-4-10(8-11(12)14)9-15-13(19)17(3)6-7-18/h4-5,8,18H,6-7,9H2,1-3H3,(H,15,19). The molecule has 5 nitrogen and oxygen atoms in total. The van der Waals surface area contributed by atoms with Crippen LogP contribution in [0.25, 0.3) is 0 Å². The van der Waals surface area contributed by atoms with Gasteiger partial charge in [0.1, 0.15) is 5.82 Å². The molecule has 0 saturated carbocycles. The molecule has 0 fully saturated rings. The van der Waals surface area contributed by atoms with Crippen LogP contribution < -0.4 is 10.2 Å². The quantitative estimate of drug-likeness (QED) is 0.839. The van der Waals surface area contributed by atoms with Gasteiger partial charge >= 0.3 is 6.03 Å². The van der Waals surface area contributed by atoms with Crippen LogP contribution >= 0.6 is 0 Å². The number of benzene rings is 1.